The second-order valence-electron chi connectivity index (χ2n) is 35.3. The van der Waals surface area contributed by atoms with Gasteiger partial charge in [-0.1, -0.05) is 242 Å². The molecule has 0 saturated carbocycles. The van der Waals surface area contributed by atoms with E-state index in [1.807, 2.05) is 82.1 Å². The number of hydrogen-bond acceptors (Lipinski definition) is 6. The molecule has 11 heteroatoms. The lowest BCUT2D eigenvalue weighted by Crippen LogP contribution is -2.31. The molecule has 0 aliphatic carbocycles. The summed E-state index contributed by atoms with van der Waals surface area (Å²) < 4.78 is 71.1. The van der Waals surface area contributed by atoms with E-state index in [1.54, 1.807) is 18.3 Å². The maximum absolute atomic E-state index is 8.15. The van der Waals surface area contributed by atoms with Crippen LogP contribution in [-0.2, 0) is 35.2 Å². The molecule has 0 radical (unpaired) electrons. The van der Waals surface area contributed by atoms with Crippen LogP contribution in [0.2, 0.25) is 0 Å². The van der Waals surface area contributed by atoms with Gasteiger partial charge < -0.3 is 0 Å². The number of aromatic nitrogens is 6. The third-order valence-corrected chi connectivity index (χ3v) is 32.1. The van der Waals surface area contributed by atoms with Gasteiger partial charge in [0.2, 0.25) is 28.5 Å². The minimum absolute atomic E-state index is 0. The first-order valence-electron chi connectivity index (χ1n) is 47.4. The lowest BCUT2D eigenvalue weighted by Gasteiger charge is -2.09. The first kappa shape index (κ1) is 87.7. The lowest BCUT2D eigenvalue weighted by atomic mass is 9.97. The number of benzene rings is 14. The summed E-state index contributed by atoms with van der Waals surface area (Å²) in [5, 5.41) is 22.6. The molecular weight excluding hydrogens is 1750 g/mol. The van der Waals surface area contributed by atoms with Gasteiger partial charge in [-0.3, -0.25) is 0 Å². The summed E-state index contributed by atoms with van der Waals surface area (Å²) in [6.07, 6.45) is 10.6. The topological polar surface area (TPSA) is 32.3 Å². The van der Waals surface area contributed by atoms with Crippen molar-refractivity contribution < 1.29 is 31.1 Å². The highest BCUT2D eigenvalue weighted by Crippen LogP contribution is 2.48. The Bertz CT molecular complexity index is 9290. The molecule has 0 spiro atoms. The van der Waals surface area contributed by atoms with Gasteiger partial charge in [0.1, 0.15) is 35.2 Å². The fourth-order valence-electron chi connectivity index (χ4n) is 19.9. The van der Waals surface area contributed by atoms with Crippen molar-refractivity contribution in [3.63, 3.8) is 0 Å². The number of aryl methyl sites for hydroxylation is 16. The van der Waals surface area contributed by atoms with E-state index in [-0.39, 0.29) is 37.1 Å². The second-order valence-corrected chi connectivity index (χ2v) is 40.6. The number of rotatable bonds is 5. The second kappa shape index (κ2) is 38.6. The van der Waals surface area contributed by atoms with Crippen molar-refractivity contribution in [1.82, 2.24) is 4.98 Å². The third-order valence-electron chi connectivity index (χ3n) is 26.1. The molecule has 0 fully saturated rings. The zero-order valence-electron chi connectivity index (χ0n) is 81.8. The molecule has 11 heterocycles. The Kier molecular flexibility index (Phi) is 24.9. The molecule has 6 nitrogen and oxygen atoms in total. The van der Waals surface area contributed by atoms with Gasteiger partial charge >= 0.3 is 0 Å². The van der Waals surface area contributed by atoms with Crippen molar-refractivity contribution in [3.8, 4) is 56.3 Å². The highest BCUT2D eigenvalue weighted by molar-refractivity contribution is 7.27. The van der Waals surface area contributed by atoms with Gasteiger partial charge in [0.15, 0.2) is 31.0 Å². The quantitative estimate of drug-likeness (QED) is 0.158. The molecule has 11 aromatic heterocycles. The van der Waals surface area contributed by atoms with Gasteiger partial charge in [0.25, 0.3) is 0 Å². The van der Waals surface area contributed by atoms with Crippen LogP contribution in [-0.4, -0.2) is 4.98 Å². The first-order valence-corrected chi connectivity index (χ1v) is 48.5. The van der Waals surface area contributed by atoms with Gasteiger partial charge in [-0.2, -0.15) is 0 Å². The maximum Gasteiger partial charge on any atom is 0.223 e. The van der Waals surface area contributed by atoms with E-state index < -0.39 is 13.7 Å². The van der Waals surface area contributed by atoms with Crippen LogP contribution in [0.5, 0.6) is 0 Å². The number of pyridine rings is 6. The Balaban J connectivity index is 0.000000127. The molecule has 0 N–H and O–H groups in total. The van der Waals surface area contributed by atoms with E-state index in [9.17, 15) is 0 Å². The van der Waals surface area contributed by atoms with Crippen molar-refractivity contribution in [2.75, 3.05) is 0 Å². The Labute approximate surface area is 829 Å². The van der Waals surface area contributed by atoms with E-state index >= 15 is 0 Å². The van der Waals surface area contributed by atoms with Crippen LogP contribution < -0.4 is 22.8 Å². The minimum Gasteiger partial charge on any atom is -0.246 e. The molecule has 676 valence electrons. The van der Waals surface area contributed by atoms with E-state index in [0.717, 1.165) is 58.8 Å². The molecule has 0 bridgehead atoms. The van der Waals surface area contributed by atoms with Crippen molar-refractivity contribution in [1.29, 1.82) is 0 Å². The van der Waals surface area contributed by atoms with Crippen molar-refractivity contribution in [2.24, 2.45) is 35.2 Å². The molecule has 25 rings (SSSR count). The summed E-state index contributed by atoms with van der Waals surface area (Å²) in [6.45, 7) is 15.0. The van der Waals surface area contributed by atoms with Gasteiger partial charge in [0.05, 0.1) is 56.8 Å². The molecule has 0 saturated heterocycles. The van der Waals surface area contributed by atoms with Gasteiger partial charge in [0, 0.05) is 120 Å². The standard InChI is InChI=1S/2C25H22NS.2C24H20NS.C22H17N2S.5CH4/c2*1-15-9-10-20(16(2)11-15)24-23-21-12-18-7-5-6-8-19(18)13-22(21)27-25(23)17(3)14-26(24)4;1-15-8-4-7-11-19(15)23-22-20-12-17-9-5-6-10-18(17)13-21(20)26-24(22)16(2)14-25(23)3;1-15-8-9-19(16(2)12-15)24-23-20-13-17-6-4-5-7-18(17)14-22(20)26-21(23)10-11-25(24)3;1-14-7-3-5-9-16(14)22-20-18(11-12-24(22)2)25-19-13-15-8-4-6-10-17(15)23-21(19)20;;;;;/h2*5-14H,1-4H3;2*4-14H,1-3H3;3-13H,1-2H3;5*1H4/q5*+1;;;;;/i1D3,3D3;;;;;;;;;. The fraction of sp³-hybridized carbons (Fsp3) is 0.168. The summed E-state index contributed by atoms with van der Waals surface area (Å²) in [5.74, 6) is 0. The van der Waals surface area contributed by atoms with Gasteiger partial charge in [-0.25, -0.2) is 27.8 Å². The monoisotopic (exact) mass is 1870 g/mol. The third kappa shape index (κ3) is 17.1. The van der Waals surface area contributed by atoms with Crippen molar-refractivity contribution in [3.05, 3.63) is 383 Å². The molecule has 0 amide bonds. The van der Waals surface area contributed by atoms with Crippen LogP contribution in [0.25, 0.3) is 211 Å². The van der Waals surface area contributed by atoms with Crippen LogP contribution >= 0.6 is 56.7 Å². The number of fused-ring (bicyclic) bond motifs is 20. The molecule has 136 heavy (non-hydrogen) atoms. The normalized spacial score (nSPS) is 12.1. The van der Waals surface area contributed by atoms with Gasteiger partial charge in [-0.05, 0) is 238 Å². The highest BCUT2D eigenvalue weighted by Gasteiger charge is 2.30. The van der Waals surface area contributed by atoms with Crippen LogP contribution in [0.3, 0.4) is 0 Å². The summed E-state index contributed by atoms with van der Waals surface area (Å²) in [6, 6.07) is 103. The molecule has 0 aliphatic rings. The first-order chi connectivity index (χ1) is 65.9. The highest BCUT2D eigenvalue weighted by atomic mass is 32.1. The van der Waals surface area contributed by atoms with E-state index in [1.165, 1.54) is 214 Å². The number of hydrogen-bond donors (Lipinski definition) is 0. The molecule has 0 unspecified atom stereocenters. The zero-order chi connectivity index (χ0) is 95.1. The Morgan fingerprint density at radius 3 is 0.912 bits per heavy atom. The Morgan fingerprint density at radius 1 is 0.228 bits per heavy atom. The molecule has 25 aromatic rings. The van der Waals surface area contributed by atoms with Crippen LogP contribution in [0.1, 0.15) is 107 Å². The lowest BCUT2D eigenvalue weighted by molar-refractivity contribution is -0.659. The van der Waals surface area contributed by atoms with Gasteiger partial charge in [-0.15, -0.1) is 56.7 Å². The minimum atomic E-state index is -2.25. The molecular formula is C125H121N6S5+5. The average molecular weight is 1870 g/mol. The average Bonchev–Trinajstić information content (AvgIpc) is 1.57. The summed E-state index contributed by atoms with van der Waals surface area (Å²) >= 11 is 9.04. The van der Waals surface area contributed by atoms with E-state index in [2.05, 4.69) is 387 Å². The SMILES string of the molecule is C.C.C.C.C.Cc1ccc(-c2c3c(cc[n+]2C)sc2cc4ccccc4cc23)c(C)c1.Cc1ccc(-c2c3c(sc4cc5ccccc5cc43)c(C)c[n+]2C)c(C)c1.Cc1ccccc1-c1c2c(cc[n+]1C)sc1cc3ccccc3nc12.Cc1ccccc1-c1c2c(sc3cc4ccccc4cc32)c(C)c[n+]1C.[2H]C([2H])([2H])c1ccc(-c2c3c(sc4cc5ccccc5cc43)c(C([2H])([2H])[2H])c[n+]2C)c(C)c1. The van der Waals surface area contributed by atoms with Crippen molar-refractivity contribution in [2.45, 2.75) is 113 Å². The van der Waals surface area contributed by atoms with Crippen molar-refractivity contribution >= 4 is 212 Å². The number of nitrogens with zero attached hydrogens (tertiary/aromatic N) is 6. The molecule has 0 aliphatic heterocycles. The fourth-order valence-corrected chi connectivity index (χ4v) is 25.6. The summed E-state index contributed by atoms with van der Waals surface area (Å²) in [4.78, 5) is 5.02. The van der Waals surface area contributed by atoms with Crippen LogP contribution in [0.4, 0.5) is 0 Å². The predicted molar refractivity (Wildman–Crippen MR) is 601 cm³/mol. The zero-order valence-corrected chi connectivity index (χ0v) is 79.9. The summed E-state index contributed by atoms with van der Waals surface area (Å²) in [5.41, 5.74) is 26.3. The number of thiophene rings is 5. The Morgan fingerprint density at radius 2 is 0.522 bits per heavy atom. The largest absolute Gasteiger partial charge is 0.246 e. The maximum atomic E-state index is 8.15. The van der Waals surface area contributed by atoms with E-state index in [4.69, 9.17) is 13.2 Å². The molecule has 0 atom stereocenters. The summed E-state index contributed by atoms with van der Waals surface area (Å²) in [7, 11) is 10.5. The smallest absolute Gasteiger partial charge is 0.223 e. The number of para-hydroxylation sites is 1. The predicted octanol–water partition coefficient (Wildman–Crippen LogP) is 34.5. The Hall–Kier alpha value is -13.6. The van der Waals surface area contributed by atoms with E-state index in [0.29, 0.717) is 11.1 Å². The van der Waals surface area contributed by atoms with Crippen LogP contribution in [0, 0.1) is 76.0 Å². The van der Waals surface area contributed by atoms with Crippen LogP contribution in [0.15, 0.2) is 322 Å². The molecule has 14 aromatic carbocycles.